The van der Waals surface area contributed by atoms with Gasteiger partial charge in [0.15, 0.2) is 0 Å². The second-order valence-electron chi connectivity index (χ2n) is 11.0. The van der Waals surface area contributed by atoms with Gasteiger partial charge in [0.1, 0.15) is 5.82 Å². The first-order valence-electron chi connectivity index (χ1n) is 14.4. The average molecular weight is 557 g/mol. The molecule has 7 nitrogen and oxygen atoms in total. The number of hydrogen-bond acceptors (Lipinski definition) is 4. The van der Waals surface area contributed by atoms with E-state index in [1.807, 2.05) is 41.3 Å². The molecule has 1 saturated carbocycles. The summed E-state index contributed by atoms with van der Waals surface area (Å²) in [6, 6.07) is 20.6. The van der Waals surface area contributed by atoms with Gasteiger partial charge >= 0.3 is 0 Å². The highest BCUT2D eigenvalue weighted by Gasteiger charge is 2.29. The fourth-order valence-electron chi connectivity index (χ4n) is 5.84. The van der Waals surface area contributed by atoms with Crippen LogP contribution in [0.25, 0.3) is 0 Å². The van der Waals surface area contributed by atoms with Gasteiger partial charge in [0.2, 0.25) is 5.91 Å². The van der Waals surface area contributed by atoms with E-state index in [0.29, 0.717) is 44.0 Å². The van der Waals surface area contributed by atoms with Crippen LogP contribution in [0.5, 0.6) is 0 Å². The van der Waals surface area contributed by atoms with E-state index in [2.05, 4.69) is 10.2 Å². The van der Waals surface area contributed by atoms with Gasteiger partial charge in [-0.25, -0.2) is 4.39 Å². The zero-order valence-electron chi connectivity index (χ0n) is 23.5. The number of carbonyl (C=O) groups excluding carboxylic acids is 3. The van der Waals surface area contributed by atoms with Crippen LogP contribution in [0.15, 0.2) is 72.8 Å². The maximum absolute atomic E-state index is 13.9. The molecule has 3 aromatic rings. The van der Waals surface area contributed by atoms with Crippen molar-refractivity contribution in [3.63, 3.8) is 0 Å². The molecular weight excluding hydrogens is 519 g/mol. The fourth-order valence-corrected chi connectivity index (χ4v) is 5.84. The fraction of sp³-hybridized carbons (Fsp3) is 0.364. The van der Waals surface area contributed by atoms with Crippen LogP contribution in [0.1, 0.15) is 58.4 Å². The number of anilines is 2. The van der Waals surface area contributed by atoms with Crippen molar-refractivity contribution in [1.29, 1.82) is 0 Å². The van der Waals surface area contributed by atoms with Crippen LogP contribution in [0.3, 0.4) is 0 Å². The number of halogens is 1. The molecule has 3 amide bonds. The summed E-state index contributed by atoms with van der Waals surface area (Å²) in [7, 11) is 1.77. The summed E-state index contributed by atoms with van der Waals surface area (Å²) >= 11 is 0. The number of nitrogens with one attached hydrogen (secondary N) is 1. The molecule has 0 aromatic heterocycles. The molecule has 0 unspecified atom stereocenters. The molecule has 1 aliphatic carbocycles. The van der Waals surface area contributed by atoms with Crippen LogP contribution < -0.4 is 10.2 Å². The molecular formula is C33H37FN4O3. The monoisotopic (exact) mass is 556 g/mol. The summed E-state index contributed by atoms with van der Waals surface area (Å²) in [6.45, 7) is 3.09. The molecule has 0 spiro atoms. The van der Waals surface area contributed by atoms with Gasteiger partial charge in [-0.1, -0.05) is 49.2 Å². The Morgan fingerprint density at radius 2 is 1.66 bits per heavy atom. The maximum atomic E-state index is 13.9. The largest absolute Gasteiger partial charge is 0.369 e. The van der Waals surface area contributed by atoms with Crippen molar-refractivity contribution in [3.05, 3.63) is 95.3 Å². The topological polar surface area (TPSA) is 73.0 Å². The molecule has 3 aromatic carbocycles. The number of rotatable bonds is 7. The summed E-state index contributed by atoms with van der Waals surface area (Å²) in [5.41, 5.74) is 2.90. The Morgan fingerprint density at radius 3 is 2.41 bits per heavy atom. The third kappa shape index (κ3) is 6.93. The Labute approximate surface area is 240 Å². The van der Waals surface area contributed by atoms with E-state index in [4.69, 9.17) is 0 Å². The van der Waals surface area contributed by atoms with Crippen LogP contribution in [-0.2, 0) is 11.3 Å². The van der Waals surface area contributed by atoms with Crippen molar-refractivity contribution in [1.82, 2.24) is 9.80 Å². The van der Waals surface area contributed by atoms with Crippen molar-refractivity contribution >= 4 is 29.1 Å². The quantitative estimate of drug-likeness (QED) is 0.413. The van der Waals surface area contributed by atoms with Gasteiger partial charge in [0.25, 0.3) is 11.8 Å². The number of nitrogens with zero attached hydrogens (tertiary/aromatic N) is 3. The van der Waals surface area contributed by atoms with Gasteiger partial charge in [0, 0.05) is 62.6 Å². The van der Waals surface area contributed by atoms with Crippen LogP contribution in [0.2, 0.25) is 0 Å². The van der Waals surface area contributed by atoms with E-state index in [0.717, 1.165) is 43.4 Å². The van der Waals surface area contributed by atoms with E-state index in [9.17, 15) is 18.8 Å². The molecule has 2 aliphatic rings. The van der Waals surface area contributed by atoms with Crippen LogP contribution in [-0.4, -0.2) is 60.7 Å². The smallest absolute Gasteiger partial charge is 0.256 e. The SMILES string of the molecule is CN(Cc1ccccc1)C(=O)c1cc(NC(=O)c2cccc(F)c2)ccc1N1CCCN(C(=O)C2CCCC2)CC1. The van der Waals surface area contributed by atoms with Crippen molar-refractivity contribution < 1.29 is 18.8 Å². The van der Waals surface area contributed by atoms with E-state index < -0.39 is 11.7 Å². The molecule has 0 atom stereocenters. The van der Waals surface area contributed by atoms with Gasteiger partial charge in [0.05, 0.1) is 5.56 Å². The van der Waals surface area contributed by atoms with Crippen molar-refractivity contribution in [3.8, 4) is 0 Å². The molecule has 1 saturated heterocycles. The van der Waals surface area contributed by atoms with Gasteiger partial charge in [-0.2, -0.15) is 0 Å². The standard InChI is InChI=1S/C33H37FN4O3/c1-36(23-24-9-3-2-4-10-24)33(41)29-22-28(35-31(39)26-13-7-14-27(34)21-26)15-16-30(29)37-17-8-18-38(20-19-37)32(40)25-11-5-6-12-25/h2-4,7,9-10,13-16,21-22,25H,5-6,8,11-12,17-20,23H2,1H3,(H,35,39). The van der Waals surface area contributed by atoms with Crippen molar-refractivity contribution in [2.75, 3.05) is 43.4 Å². The average Bonchev–Trinajstić information content (AvgIpc) is 3.42. The summed E-state index contributed by atoms with van der Waals surface area (Å²) in [5, 5.41) is 2.82. The number of amides is 3. The summed E-state index contributed by atoms with van der Waals surface area (Å²) < 4.78 is 13.7. The molecule has 8 heteroatoms. The molecule has 1 aliphatic heterocycles. The number of hydrogen-bond donors (Lipinski definition) is 1. The highest BCUT2D eigenvalue weighted by molar-refractivity contribution is 6.06. The zero-order valence-corrected chi connectivity index (χ0v) is 23.5. The third-order valence-electron chi connectivity index (χ3n) is 8.03. The molecule has 0 radical (unpaired) electrons. The van der Waals surface area contributed by atoms with Crippen LogP contribution in [0.4, 0.5) is 15.8 Å². The summed E-state index contributed by atoms with van der Waals surface area (Å²) in [6.07, 6.45) is 5.02. The first-order chi connectivity index (χ1) is 19.9. The first kappa shape index (κ1) is 28.3. The highest BCUT2D eigenvalue weighted by Crippen LogP contribution is 2.30. The third-order valence-corrected chi connectivity index (χ3v) is 8.03. The maximum Gasteiger partial charge on any atom is 0.256 e. The Balaban J connectivity index is 1.39. The molecule has 5 rings (SSSR count). The van der Waals surface area contributed by atoms with Crippen molar-refractivity contribution in [2.24, 2.45) is 5.92 Å². The molecule has 1 N–H and O–H groups in total. The number of carbonyl (C=O) groups is 3. The molecule has 214 valence electrons. The van der Waals surface area contributed by atoms with Crippen LogP contribution >= 0.6 is 0 Å². The lowest BCUT2D eigenvalue weighted by Crippen LogP contribution is -2.38. The van der Waals surface area contributed by atoms with Gasteiger partial charge < -0.3 is 20.0 Å². The minimum Gasteiger partial charge on any atom is -0.369 e. The lowest BCUT2D eigenvalue weighted by atomic mass is 10.1. The predicted molar refractivity (Wildman–Crippen MR) is 158 cm³/mol. The second kappa shape index (κ2) is 13.0. The minimum absolute atomic E-state index is 0.145. The Kier molecular flexibility index (Phi) is 8.97. The van der Waals surface area contributed by atoms with E-state index in [1.165, 1.54) is 18.2 Å². The predicted octanol–water partition coefficient (Wildman–Crippen LogP) is 5.58. The lowest BCUT2D eigenvalue weighted by Gasteiger charge is -2.28. The Morgan fingerprint density at radius 1 is 0.878 bits per heavy atom. The summed E-state index contributed by atoms with van der Waals surface area (Å²) in [4.78, 5) is 45.6. The summed E-state index contributed by atoms with van der Waals surface area (Å²) in [5.74, 6) is -0.712. The van der Waals surface area contributed by atoms with Crippen LogP contribution in [0, 0.1) is 11.7 Å². The minimum atomic E-state index is -0.493. The first-order valence-corrected chi connectivity index (χ1v) is 14.4. The molecule has 1 heterocycles. The zero-order chi connectivity index (χ0) is 28.8. The van der Waals surface area contributed by atoms with Gasteiger partial charge in [-0.15, -0.1) is 0 Å². The Bertz CT molecular complexity index is 1390. The van der Waals surface area contributed by atoms with E-state index in [-0.39, 0.29) is 23.3 Å². The van der Waals surface area contributed by atoms with Crippen molar-refractivity contribution in [2.45, 2.75) is 38.6 Å². The Hall–Kier alpha value is -4.20. The van der Waals surface area contributed by atoms with Gasteiger partial charge in [-0.3, -0.25) is 14.4 Å². The number of benzene rings is 3. The second-order valence-corrected chi connectivity index (χ2v) is 11.0. The highest BCUT2D eigenvalue weighted by atomic mass is 19.1. The normalized spacial score (nSPS) is 15.9. The lowest BCUT2D eigenvalue weighted by molar-refractivity contribution is -0.135. The van der Waals surface area contributed by atoms with Gasteiger partial charge in [-0.05, 0) is 61.2 Å². The molecule has 2 fully saturated rings. The van der Waals surface area contributed by atoms with E-state index >= 15 is 0 Å². The molecule has 41 heavy (non-hydrogen) atoms. The molecule has 0 bridgehead atoms. The van der Waals surface area contributed by atoms with E-state index in [1.54, 1.807) is 30.1 Å².